The summed E-state index contributed by atoms with van der Waals surface area (Å²) in [5, 5.41) is 3.08. The molecule has 1 aliphatic heterocycles. The molecule has 44 heavy (non-hydrogen) atoms. The van der Waals surface area contributed by atoms with Crippen LogP contribution in [0, 0.1) is 13.8 Å². The van der Waals surface area contributed by atoms with Gasteiger partial charge in [-0.05, 0) is 87.8 Å². The molecule has 0 unspecified atom stereocenters. The van der Waals surface area contributed by atoms with Gasteiger partial charge in [0.2, 0.25) is 0 Å². The third-order valence-corrected chi connectivity index (χ3v) is 8.14. The summed E-state index contributed by atoms with van der Waals surface area (Å²) in [4.78, 5) is 36.5. The largest absolute Gasteiger partial charge is 0.437 e. The predicted octanol–water partition coefficient (Wildman–Crippen LogP) is 5.88. The number of piperazine rings is 1. The lowest BCUT2D eigenvalue weighted by atomic mass is 10.1. The highest BCUT2D eigenvalue weighted by Crippen LogP contribution is 2.31. The average molecular weight is 591 g/mol. The fourth-order valence-electron chi connectivity index (χ4n) is 5.39. The van der Waals surface area contributed by atoms with Crippen LogP contribution in [0.25, 0.3) is 22.6 Å². The number of hydrogen-bond acceptors (Lipinski definition) is 8. The normalized spacial score (nSPS) is 14.3. The van der Waals surface area contributed by atoms with Crippen LogP contribution in [-0.2, 0) is 6.54 Å². The molecule has 0 saturated carbocycles. The molecule has 1 aliphatic rings. The van der Waals surface area contributed by atoms with Crippen LogP contribution in [-0.4, -0.2) is 73.4 Å². The van der Waals surface area contributed by atoms with Crippen LogP contribution in [0.4, 0.5) is 5.69 Å². The van der Waals surface area contributed by atoms with Gasteiger partial charge < -0.3 is 19.5 Å². The van der Waals surface area contributed by atoms with Crippen LogP contribution >= 0.6 is 0 Å². The topological polar surface area (TPSA) is 101 Å². The minimum absolute atomic E-state index is 0.146. The highest BCUT2D eigenvalue weighted by molar-refractivity contribution is 6.05. The maximum Gasteiger partial charge on any atom is 0.256 e. The summed E-state index contributed by atoms with van der Waals surface area (Å²) < 4.78 is 8.31. The van der Waals surface area contributed by atoms with E-state index in [9.17, 15) is 4.79 Å². The van der Waals surface area contributed by atoms with Crippen molar-refractivity contribution in [2.45, 2.75) is 40.3 Å². The van der Waals surface area contributed by atoms with E-state index in [4.69, 9.17) is 14.7 Å². The Hall–Kier alpha value is -4.67. The van der Waals surface area contributed by atoms with Crippen molar-refractivity contribution >= 4 is 22.8 Å². The van der Waals surface area contributed by atoms with Crippen molar-refractivity contribution in [3.8, 4) is 23.0 Å². The second-order valence-corrected chi connectivity index (χ2v) is 11.8. The Morgan fingerprint density at radius 1 is 0.955 bits per heavy atom. The van der Waals surface area contributed by atoms with Gasteiger partial charge in [0, 0.05) is 68.0 Å². The molecular weight excluding hydrogens is 552 g/mol. The van der Waals surface area contributed by atoms with Crippen molar-refractivity contribution in [2.24, 2.45) is 0 Å². The van der Waals surface area contributed by atoms with Gasteiger partial charge >= 0.3 is 0 Å². The summed E-state index contributed by atoms with van der Waals surface area (Å²) in [7, 11) is 2.17. The molecule has 0 atom stereocenters. The van der Waals surface area contributed by atoms with Gasteiger partial charge in [-0.1, -0.05) is 12.1 Å². The number of benzene rings is 2. The Morgan fingerprint density at radius 3 is 2.45 bits per heavy atom. The molecule has 4 heterocycles. The zero-order valence-corrected chi connectivity index (χ0v) is 25.9. The maximum atomic E-state index is 13.5. The summed E-state index contributed by atoms with van der Waals surface area (Å²) >= 11 is 0. The molecule has 0 radical (unpaired) electrons. The number of anilines is 1. The monoisotopic (exact) mass is 590 g/mol. The van der Waals surface area contributed by atoms with Gasteiger partial charge in [-0.2, -0.15) is 4.98 Å². The molecule has 1 saturated heterocycles. The molecule has 1 amide bonds. The first-order valence-corrected chi connectivity index (χ1v) is 15.0. The first-order chi connectivity index (χ1) is 21.2. The minimum atomic E-state index is -0.200. The predicted molar refractivity (Wildman–Crippen MR) is 172 cm³/mol. The number of pyridine rings is 1. The van der Waals surface area contributed by atoms with Gasteiger partial charge in [-0.15, -0.1) is 0 Å². The second kappa shape index (κ2) is 12.5. The van der Waals surface area contributed by atoms with Crippen LogP contribution < -0.4 is 10.1 Å². The number of aryl methyl sites for hydroxylation is 2. The van der Waals surface area contributed by atoms with Crippen LogP contribution in [0.15, 0.2) is 67.3 Å². The fraction of sp³-hybridized carbons (Fsp3) is 0.324. The first kappa shape index (κ1) is 29.4. The number of likely N-dealkylation sites (N-methyl/N-ethyl adjacent to an activating group) is 1. The molecule has 226 valence electrons. The van der Waals surface area contributed by atoms with Crippen LogP contribution in [0.2, 0.25) is 0 Å². The van der Waals surface area contributed by atoms with Gasteiger partial charge in [0.25, 0.3) is 11.8 Å². The highest BCUT2D eigenvalue weighted by Gasteiger charge is 2.19. The summed E-state index contributed by atoms with van der Waals surface area (Å²) in [6.45, 7) is 13.4. The molecule has 1 fully saturated rings. The lowest BCUT2D eigenvalue weighted by Crippen LogP contribution is -2.43. The SMILES string of the molecule is Cc1cc(NC(=O)c2cc(Oc3nc(-c4ccncc4)nc4c3ncn4C(C)C)ccc2C)ccc1CN1CCN(C)CC1. The maximum absolute atomic E-state index is 13.5. The van der Waals surface area contributed by atoms with Crippen LogP contribution in [0.5, 0.6) is 11.6 Å². The molecule has 1 N–H and O–H groups in total. The average Bonchev–Trinajstić information content (AvgIpc) is 3.46. The number of carbonyl (C=O) groups is 1. The number of nitrogens with zero attached hydrogens (tertiary/aromatic N) is 7. The van der Waals surface area contributed by atoms with E-state index in [-0.39, 0.29) is 11.9 Å². The molecule has 5 aromatic rings. The number of imidazole rings is 1. The number of amides is 1. The van der Waals surface area contributed by atoms with Gasteiger partial charge in [-0.3, -0.25) is 14.7 Å². The van der Waals surface area contributed by atoms with Gasteiger partial charge in [0.15, 0.2) is 17.0 Å². The zero-order valence-electron chi connectivity index (χ0n) is 25.9. The molecule has 6 rings (SSSR count). The number of carbonyl (C=O) groups excluding carboxylic acids is 1. The Bertz CT molecular complexity index is 1790. The lowest BCUT2D eigenvalue weighted by molar-refractivity contribution is 0.102. The summed E-state index contributed by atoms with van der Waals surface area (Å²) in [6.07, 6.45) is 5.16. The van der Waals surface area contributed by atoms with Crippen molar-refractivity contribution in [1.29, 1.82) is 0 Å². The van der Waals surface area contributed by atoms with E-state index < -0.39 is 0 Å². The lowest BCUT2D eigenvalue weighted by Gasteiger charge is -2.32. The Morgan fingerprint density at radius 2 is 1.73 bits per heavy atom. The number of nitrogens with one attached hydrogen (secondary N) is 1. The fourth-order valence-corrected chi connectivity index (χ4v) is 5.39. The van der Waals surface area contributed by atoms with Crippen molar-refractivity contribution in [1.82, 2.24) is 34.3 Å². The first-order valence-electron chi connectivity index (χ1n) is 15.0. The Balaban J connectivity index is 1.23. The Labute approximate surface area is 257 Å². The van der Waals surface area contributed by atoms with Gasteiger partial charge in [0.05, 0.1) is 6.33 Å². The van der Waals surface area contributed by atoms with Crippen molar-refractivity contribution in [3.05, 3.63) is 89.5 Å². The smallest absolute Gasteiger partial charge is 0.256 e. The summed E-state index contributed by atoms with van der Waals surface area (Å²) in [6, 6.07) is 15.5. The van der Waals surface area contributed by atoms with E-state index in [0.29, 0.717) is 34.2 Å². The van der Waals surface area contributed by atoms with Crippen LogP contribution in [0.3, 0.4) is 0 Å². The van der Waals surface area contributed by atoms with Crippen molar-refractivity contribution < 1.29 is 9.53 Å². The second-order valence-electron chi connectivity index (χ2n) is 11.8. The summed E-state index contributed by atoms with van der Waals surface area (Å²) in [5.74, 6) is 1.12. The molecule has 0 aliphatic carbocycles. The number of aromatic nitrogens is 5. The molecule has 10 heteroatoms. The standard InChI is InChI=1S/C34H38N8O2/c1-22(2)42-21-36-30-32(42)38-31(25-10-12-35-13-11-25)39-34(30)44-28-9-6-23(3)29(19-28)33(43)37-27-8-7-26(24(4)18-27)20-41-16-14-40(5)15-17-41/h6-13,18-19,21-22H,14-17,20H2,1-5H3,(H,37,43). The van der Waals surface area contributed by atoms with E-state index >= 15 is 0 Å². The molecular formula is C34H38N8O2. The van der Waals surface area contributed by atoms with E-state index in [1.54, 1.807) is 24.8 Å². The van der Waals surface area contributed by atoms with E-state index in [2.05, 4.69) is 59.0 Å². The van der Waals surface area contributed by atoms with Gasteiger partial charge in [-0.25, -0.2) is 9.97 Å². The number of fused-ring (bicyclic) bond motifs is 1. The van der Waals surface area contributed by atoms with E-state index in [1.807, 2.05) is 47.9 Å². The molecule has 10 nitrogen and oxygen atoms in total. The molecule has 0 bridgehead atoms. The van der Waals surface area contributed by atoms with Crippen molar-refractivity contribution in [3.63, 3.8) is 0 Å². The number of ether oxygens (including phenoxy) is 1. The molecule has 2 aromatic carbocycles. The van der Waals surface area contributed by atoms with Crippen molar-refractivity contribution in [2.75, 3.05) is 38.5 Å². The zero-order chi connectivity index (χ0) is 30.8. The summed E-state index contributed by atoms with van der Waals surface area (Å²) in [5.41, 5.74) is 6.61. The highest BCUT2D eigenvalue weighted by atomic mass is 16.5. The van der Waals surface area contributed by atoms with Gasteiger partial charge in [0.1, 0.15) is 5.75 Å². The quantitative estimate of drug-likeness (QED) is 0.239. The molecule has 0 spiro atoms. The Kier molecular flexibility index (Phi) is 8.36. The third kappa shape index (κ3) is 6.31. The molecule has 3 aromatic heterocycles. The van der Waals surface area contributed by atoms with E-state index in [0.717, 1.165) is 55.1 Å². The minimum Gasteiger partial charge on any atom is -0.437 e. The van der Waals surface area contributed by atoms with E-state index in [1.165, 1.54) is 5.56 Å². The number of hydrogen-bond donors (Lipinski definition) is 1. The third-order valence-electron chi connectivity index (χ3n) is 8.14. The number of rotatable bonds is 8. The van der Waals surface area contributed by atoms with Crippen LogP contribution in [0.1, 0.15) is 46.9 Å².